The minimum Gasteiger partial charge on any atom is -0.348 e. The molecule has 0 saturated carbocycles. The van der Waals surface area contributed by atoms with Crippen LogP contribution in [0, 0.1) is 0 Å². The molecule has 0 fully saturated rings. The average molecular weight is 298 g/mol. The van der Waals surface area contributed by atoms with Gasteiger partial charge in [0.25, 0.3) is 0 Å². The van der Waals surface area contributed by atoms with Gasteiger partial charge in [0.05, 0.1) is 6.42 Å². The normalized spacial score (nSPS) is 11.8. The van der Waals surface area contributed by atoms with E-state index in [1.807, 2.05) is 0 Å². The van der Waals surface area contributed by atoms with E-state index in [0.717, 1.165) is 0 Å². The van der Waals surface area contributed by atoms with Crippen LogP contribution in [0.1, 0.15) is 5.82 Å². The zero-order chi connectivity index (χ0) is 12.1. The highest BCUT2D eigenvalue weighted by Gasteiger charge is 2.21. The van der Waals surface area contributed by atoms with Crippen molar-refractivity contribution in [1.29, 1.82) is 0 Å². The molecule has 0 atom stereocenters. The number of alkyl halides is 3. The van der Waals surface area contributed by atoms with Gasteiger partial charge in [-0.25, -0.2) is 4.98 Å². The van der Waals surface area contributed by atoms with Gasteiger partial charge in [0, 0.05) is 12.4 Å². The molecule has 0 aliphatic rings. The van der Waals surface area contributed by atoms with Gasteiger partial charge in [0.1, 0.15) is 5.82 Å². The lowest BCUT2D eigenvalue weighted by molar-refractivity contribution is 0.381. The standard InChI is InChI=1S/C5H5Cl3N2.H2O4S/c6-5(7,8)3-4-9-1-2-10-4;1-5(2,3)4/h1-2H,3H2,(H,9,10);(H2,1,2,3,4). The highest BCUT2D eigenvalue weighted by molar-refractivity contribution is 7.79. The predicted molar refractivity (Wildman–Crippen MR) is 56.8 cm³/mol. The van der Waals surface area contributed by atoms with Gasteiger partial charge in [-0.1, -0.05) is 34.8 Å². The van der Waals surface area contributed by atoms with Crippen molar-refractivity contribution in [2.45, 2.75) is 10.2 Å². The molecule has 10 heteroatoms. The van der Waals surface area contributed by atoms with Crippen molar-refractivity contribution in [3.63, 3.8) is 0 Å². The Labute approximate surface area is 101 Å². The van der Waals surface area contributed by atoms with Gasteiger partial charge in [-0.15, -0.1) is 0 Å². The topological polar surface area (TPSA) is 103 Å². The van der Waals surface area contributed by atoms with E-state index in [1.165, 1.54) is 0 Å². The summed E-state index contributed by atoms with van der Waals surface area (Å²) in [5.74, 6) is 0.681. The Balaban J connectivity index is 0.000000336. The van der Waals surface area contributed by atoms with Crippen molar-refractivity contribution < 1.29 is 17.5 Å². The van der Waals surface area contributed by atoms with Gasteiger partial charge in [0.2, 0.25) is 0 Å². The van der Waals surface area contributed by atoms with E-state index in [1.54, 1.807) is 12.4 Å². The fourth-order valence-electron chi connectivity index (χ4n) is 0.585. The Morgan fingerprint density at radius 1 is 1.40 bits per heavy atom. The molecule has 1 aromatic heterocycles. The number of halogens is 3. The molecule has 0 aliphatic heterocycles. The van der Waals surface area contributed by atoms with Crippen LogP contribution >= 0.6 is 34.8 Å². The first kappa shape index (κ1) is 14.9. The van der Waals surface area contributed by atoms with E-state index in [-0.39, 0.29) is 0 Å². The van der Waals surface area contributed by atoms with Crippen LogP contribution in [0.2, 0.25) is 0 Å². The van der Waals surface area contributed by atoms with Gasteiger partial charge < -0.3 is 4.98 Å². The van der Waals surface area contributed by atoms with Crippen LogP contribution < -0.4 is 0 Å². The van der Waals surface area contributed by atoms with Crippen LogP contribution in [-0.2, 0) is 16.8 Å². The quantitative estimate of drug-likeness (QED) is 0.540. The highest BCUT2D eigenvalue weighted by Crippen LogP contribution is 2.28. The van der Waals surface area contributed by atoms with E-state index < -0.39 is 14.2 Å². The molecule has 88 valence electrons. The van der Waals surface area contributed by atoms with Crippen molar-refractivity contribution >= 4 is 45.2 Å². The van der Waals surface area contributed by atoms with Gasteiger partial charge in [0.15, 0.2) is 3.79 Å². The van der Waals surface area contributed by atoms with Gasteiger partial charge >= 0.3 is 10.4 Å². The third-order valence-corrected chi connectivity index (χ3v) is 1.32. The number of hydrogen-bond acceptors (Lipinski definition) is 3. The Kier molecular flexibility index (Phi) is 5.86. The lowest BCUT2D eigenvalue weighted by atomic mass is 10.5. The molecule has 0 amide bonds. The molecule has 1 aromatic rings. The maximum Gasteiger partial charge on any atom is 0.394 e. The van der Waals surface area contributed by atoms with Crippen molar-refractivity contribution in [2.75, 3.05) is 0 Å². The molecule has 15 heavy (non-hydrogen) atoms. The van der Waals surface area contributed by atoms with Crippen LogP contribution in [0.5, 0.6) is 0 Å². The van der Waals surface area contributed by atoms with E-state index in [0.29, 0.717) is 12.2 Å². The first-order valence-electron chi connectivity index (χ1n) is 3.33. The molecular formula is C5H7Cl3N2O4S. The van der Waals surface area contributed by atoms with E-state index in [2.05, 4.69) is 9.97 Å². The van der Waals surface area contributed by atoms with Crippen molar-refractivity contribution in [2.24, 2.45) is 0 Å². The van der Waals surface area contributed by atoms with Gasteiger partial charge in [-0.05, 0) is 0 Å². The van der Waals surface area contributed by atoms with Crippen molar-refractivity contribution in [3.05, 3.63) is 18.2 Å². The number of hydrogen-bond donors (Lipinski definition) is 3. The van der Waals surface area contributed by atoms with Crippen LogP contribution in [0.4, 0.5) is 0 Å². The Hall–Kier alpha value is -0.0500. The second-order valence-corrected chi connectivity index (χ2v) is 5.69. The Morgan fingerprint density at radius 3 is 2.13 bits per heavy atom. The first-order valence-corrected chi connectivity index (χ1v) is 5.86. The van der Waals surface area contributed by atoms with Crippen LogP contribution in [0.15, 0.2) is 12.4 Å². The average Bonchev–Trinajstić information content (AvgIpc) is 2.30. The van der Waals surface area contributed by atoms with E-state index in [9.17, 15) is 0 Å². The molecule has 0 saturated heterocycles. The molecule has 0 radical (unpaired) electrons. The third-order valence-electron chi connectivity index (χ3n) is 0.923. The minimum atomic E-state index is -4.67. The van der Waals surface area contributed by atoms with E-state index >= 15 is 0 Å². The summed E-state index contributed by atoms with van der Waals surface area (Å²) < 4.78 is 30.3. The maximum absolute atomic E-state index is 8.74. The van der Waals surface area contributed by atoms with Crippen molar-refractivity contribution in [1.82, 2.24) is 9.97 Å². The molecular weight excluding hydrogens is 290 g/mol. The fraction of sp³-hybridized carbons (Fsp3) is 0.400. The summed E-state index contributed by atoms with van der Waals surface area (Å²) in [6.45, 7) is 0. The zero-order valence-corrected chi connectivity index (χ0v) is 10.1. The number of imidazole rings is 1. The summed E-state index contributed by atoms with van der Waals surface area (Å²) in [6, 6.07) is 0. The predicted octanol–water partition coefficient (Wildman–Crippen LogP) is 1.67. The molecule has 0 bridgehead atoms. The second kappa shape index (κ2) is 5.88. The summed E-state index contributed by atoms with van der Waals surface area (Å²) in [4.78, 5) is 6.72. The van der Waals surface area contributed by atoms with Crippen LogP contribution in [0.3, 0.4) is 0 Å². The zero-order valence-electron chi connectivity index (χ0n) is 7.06. The summed E-state index contributed by atoms with van der Waals surface area (Å²) in [5, 5.41) is 0. The Morgan fingerprint density at radius 2 is 1.87 bits per heavy atom. The van der Waals surface area contributed by atoms with Crippen LogP contribution in [-0.4, -0.2) is 31.3 Å². The minimum absolute atomic E-state index is 0.310. The molecule has 1 heterocycles. The number of nitrogens with zero attached hydrogens (tertiary/aromatic N) is 1. The molecule has 0 aliphatic carbocycles. The number of aromatic nitrogens is 2. The number of H-pyrrole nitrogens is 1. The molecule has 3 N–H and O–H groups in total. The second-order valence-electron chi connectivity index (χ2n) is 2.28. The van der Waals surface area contributed by atoms with Gasteiger partial charge in [-0.2, -0.15) is 8.42 Å². The smallest absolute Gasteiger partial charge is 0.348 e. The molecule has 6 nitrogen and oxygen atoms in total. The van der Waals surface area contributed by atoms with E-state index in [4.69, 9.17) is 52.3 Å². The molecule has 0 aromatic carbocycles. The highest BCUT2D eigenvalue weighted by atomic mass is 35.6. The summed E-state index contributed by atoms with van der Waals surface area (Å²) >= 11 is 16.5. The first-order chi connectivity index (χ1) is 6.58. The molecule has 0 spiro atoms. The summed E-state index contributed by atoms with van der Waals surface area (Å²) in [7, 11) is -4.67. The third kappa shape index (κ3) is 14.0. The lowest BCUT2D eigenvalue weighted by Gasteiger charge is -2.06. The molecule has 0 unspecified atom stereocenters. The summed E-state index contributed by atoms with van der Waals surface area (Å²) in [6.07, 6.45) is 3.61. The largest absolute Gasteiger partial charge is 0.394 e. The number of aromatic amines is 1. The van der Waals surface area contributed by atoms with Gasteiger partial charge in [-0.3, -0.25) is 9.11 Å². The molecule has 1 rings (SSSR count). The van der Waals surface area contributed by atoms with Crippen LogP contribution in [0.25, 0.3) is 0 Å². The SMILES string of the molecule is ClC(Cl)(Cl)Cc1ncc[nH]1.O=S(=O)(O)O. The monoisotopic (exact) mass is 296 g/mol. The summed E-state index contributed by atoms with van der Waals surface area (Å²) in [5.41, 5.74) is 0. The van der Waals surface area contributed by atoms with Crippen molar-refractivity contribution in [3.8, 4) is 0 Å². The fourth-order valence-corrected chi connectivity index (χ4v) is 0.964. The number of rotatable bonds is 1. The number of nitrogens with one attached hydrogen (secondary N) is 1. The Bertz CT molecular complexity index is 363. The maximum atomic E-state index is 8.74. The lowest BCUT2D eigenvalue weighted by Crippen LogP contribution is -2.07.